The summed E-state index contributed by atoms with van der Waals surface area (Å²) in [6.45, 7) is 0. The molecular formula is C13H10ClFN2O2S. The molecule has 1 aliphatic rings. The van der Waals surface area contributed by atoms with Gasteiger partial charge in [0.15, 0.2) is 11.6 Å². The molecule has 4 nitrogen and oxygen atoms in total. The summed E-state index contributed by atoms with van der Waals surface area (Å²) in [7, 11) is 0. The van der Waals surface area contributed by atoms with Gasteiger partial charge in [-0.25, -0.2) is 4.39 Å². The van der Waals surface area contributed by atoms with E-state index in [1.807, 2.05) is 0 Å². The van der Waals surface area contributed by atoms with Crippen LogP contribution in [0.2, 0.25) is 5.02 Å². The molecule has 0 N–H and O–H groups in total. The van der Waals surface area contributed by atoms with Gasteiger partial charge in [-0.3, -0.25) is 4.79 Å². The van der Waals surface area contributed by atoms with Crippen molar-refractivity contribution in [1.82, 2.24) is 10.1 Å². The number of rotatable bonds is 3. The van der Waals surface area contributed by atoms with Gasteiger partial charge >= 0.3 is 0 Å². The predicted molar refractivity (Wildman–Crippen MR) is 73.6 cm³/mol. The average molecular weight is 313 g/mol. The highest BCUT2D eigenvalue weighted by atomic mass is 35.5. The molecule has 0 bridgehead atoms. The minimum atomic E-state index is -0.406. The maximum Gasteiger partial charge on any atom is 0.238 e. The number of carbonyl (C=O) groups excluding carboxylic acids is 1. The molecule has 1 aromatic carbocycles. The van der Waals surface area contributed by atoms with Crippen LogP contribution in [0.3, 0.4) is 0 Å². The van der Waals surface area contributed by atoms with Gasteiger partial charge < -0.3 is 4.52 Å². The van der Waals surface area contributed by atoms with Gasteiger partial charge in [0.05, 0.1) is 5.75 Å². The molecule has 7 heteroatoms. The van der Waals surface area contributed by atoms with Crippen LogP contribution in [0.15, 0.2) is 22.7 Å². The molecule has 1 fully saturated rings. The van der Waals surface area contributed by atoms with Crippen molar-refractivity contribution in [3.05, 3.63) is 46.3 Å². The summed E-state index contributed by atoms with van der Waals surface area (Å²) < 4.78 is 18.8. The Kier molecular flexibility index (Phi) is 3.76. The van der Waals surface area contributed by atoms with Crippen LogP contribution < -0.4 is 0 Å². The zero-order valence-corrected chi connectivity index (χ0v) is 11.9. The topological polar surface area (TPSA) is 56.0 Å². The third-order valence-electron chi connectivity index (χ3n) is 3.10. The third kappa shape index (κ3) is 2.58. The van der Waals surface area contributed by atoms with E-state index in [4.69, 9.17) is 16.1 Å². The number of Topliss-reactive ketones (excluding diaryl/α,β-unsaturated/α-hetero) is 1. The molecule has 0 amide bonds. The Bertz CT molecular complexity index is 641. The molecule has 0 spiro atoms. The van der Waals surface area contributed by atoms with Gasteiger partial charge in [-0.05, 0) is 12.1 Å². The van der Waals surface area contributed by atoms with Crippen LogP contribution >= 0.6 is 23.4 Å². The SMILES string of the molecule is O=C1CSCC1c1nc(Cc2c(F)cccc2Cl)no1. The first kappa shape index (κ1) is 13.6. The van der Waals surface area contributed by atoms with E-state index in [-0.39, 0.29) is 18.1 Å². The molecular weight excluding hydrogens is 303 g/mol. The monoisotopic (exact) mass is 312 g/mol. The van der Waals surface area contributed by atoms with E-state index in [2.05, 4.69) is 10.1 Å². The Balaban J connectivity index is 1.82. The summed E-state index contributed by atoms with van der Waals surface area (Å²) in [5, 5.41) is 4.12. The van der Waals surface area contributed by atoms with Crippen molar-refractivity contribution in [3.8, 4) is 0 Å². The lowest BCUT2D eigenvalue weighted by molar-refractivity contribution is -0.117. The maximum atomic E-state index is 13.7. The van der Waals surface area contributed by atoms with Crippen molar-refractivity contribution in [2.45, 2.75) is 12.3 Å². The second-order valence-corrected chi connectivity index (χ2v) is 5.90. The fourth-order valence-corrected chi connectivity index (χ4v) is 3.33. The van der Waals surface area contributed by atoms with Gasteiger partial charge in [-0.15, -0.1) is 0 Å². The second-order valence-electron chi connectivity index (χ2n) is 4.46. The zero-order chi connectivity index (χ0) is 14.1. The molecule has 3 rings (SSSR count). The van der Waals surface area contributed by atoms with Crippen LogP contribution in [0, 0.1) is 5.82 Å². The van der Waals surface area contributed by atoms with Crippen molar-refractivity contribution >= 4 is 29.1 Å². The van der Waals surface area contributed by atoms with Gasteiger partial charge in [0, 0.05) is 22.8 Å². The first-order valence-corrected chi connectivity index (χ1v) is 7.54. The van der Waals surface area contributed by atoms with E-state index in [0.717, 1.165) is 0 Å². The van der Waals surface area contributed by atoms with Crippen LogP contribution in [0.25, 0.3) is 0 Å². The molecule has 0 aliphatic carbocycles. The first-order valence-electron chi connectivity index (χ1n) is 6.01. The molecule has 2 aromatic rings. The van der Waals surface area contributed by atoms with E-state index < -0.39 is 5.82 Å². The zero-order valence-electron chi connectivity index (χ0n) is 10.3. The van der Waals surface area contributed by atoms with E-state index >= 15 is 0 Å². The van der Waals surface area contributed by atoms with E-state index in [1.165, 1.54) is 12.1 Å². The number of carbonyl (C=O) groups is 1. The fourth-order valence-electron chi connectivity index (χ4n) is 2.02. The molecule has 0 radical (unpaired) electrons. The number of aromatic nitrogens is 2. The molecule has 1 aromatic heterocycles. The van der Waals surface area contributed by atoms with Crippen molar-refractivity contribution < 1.29 is 13.7 Å². The summed E-state index contributed by atoms with van der Waals surface area (Å²) >= 11 is 7.50. The Morgan fingerprint density at radius 1 is 1.50 bits per heavy atom. The highest BCUT2D eigenvalue weighted by Gasteiger charge is 2.31. The lowest BCUT2D eigenvalue weighted by Gasteiger charge is -2.02. The largest absolute Gasteiger partial charge is 0.339 e. The maximum absolute atomic E-state index is 13.7. The van der Waals surface area contributed by atoms with E-state index in [0.29, 0.717) is 33.8 Å². The summed E-state index contributed by atoms with van der Waals surface area (Å²) in [6, 6.07) is 4.48. The molecule has 20 heavy (non-hydrogen) atoms. The van der Waals surface area contributed by atoms with Crippen LogP contribution in [0.1, 0.15) is 23.2 Å². The van der Waals surface area contributed by atoms with E-state index in [1.54, 1.807) is 17.8 Å². The predicted octanol–water partition coefficient (Wildman–Crippen LogP) is 2.85. The van der Waals surface area contributed by atoms with Crippen molar-refractivity contribution in [1.29, 1.82) is 0 Å². The number of halogens is 2. The fraction of sp³-hybridized carbons (Fsp3) is 0.308. The average Bonchev–Trinajstić information content (AvgIpc) is 3.02. The van der Waals surface area contributed by atoms with Gasteiger partial charge in [-0.2, -0.15) is 16.7 Å². The van der Waals surface area contributed by atoms with Crippen LogP contribution in [-0.2, 0) is 11.2 Å². The van der Waals surface area contributed by atoms with Gasteiger partial charge in [-0.1, -0.05) is 22.8 Å². The van der Waals surface area contributed by atoms with Gasteiger partial charge in [0.1, 0.15) is 11.7 Å². The van der Waals surface area contributed by atoms with Crippen LogP contribution in [-0.4, -0.2) is 27.4 Å². The standard InChI is InChI=1S/C13H10ClFN2O2S/c14-9-2-1-3-10(15)7(9)4-12-16-13(19-17-12)8-5-20-6-11(8)18/h1-3,8H,4-6H2. The number of hydrogen-bond acceptors (Lipinski definition) is 5. The second kappa shape index (κ2) is 5.54. The molecule has 104 valence electrons. The summed E-state index contributed by atoms with van der Waals surface area (Å²) in [4.78, 5) is 15.8. The van der Waals surface area contributed by atoms with Gasteiger partial charge in [0.25, 0.3) is 0 Å². The third-order valence-corrected chi connectivity index (χ3v) is 4.51. The minimum Gasteiger partial charge on any atom is -0.339 e. The van der Waals surface area contributed by atoms with Crippen molar-refractivity contribution in [3.63, 3.8) is 0 Å². The minimum absolute atomic E-state index is 0.0918. The molecule has 1 saturated heterocycles. The van der Waals surface area contributed by atoms with Gasteiger partial charge in [0.2, 0.25) is 5.89 Å². The Labute approximate surface area is 123 Å². The quantitative estimate of drug-likeness (QED) is 0.872. The Morgan fingerprint density at radius 3 is 3.05 bits per heavy atom. The summed E-state index contributed by atoms with van der Waals surface area (Å²) in [6.07, 6.45) is 0.142. The summed E-state index contributed by atoms with van der Waals surface area (Å²) in [5.74, 6) is 1.12. The number of ketones is 1. The lowest BCUT2D eigenvalue weighted by atomic mass is 10.1. The highest BCUT2D eigenvalue weighted by Crippen LogP contribution is 2.29. The number of nitrogens with zero attached hydrogens (tertiary/aromatic N) is 2. The van der Waals surface area contributed by atoms with Crippen LogP contribution in [0.4, 0.5) is 4.39 Å². The normalized spacial score (nSPS) is 18.7. The molecule has 1 atom stereocenters. The lowest BCUT2D eigenvalue weighted by Crippen LogP contribution is -2.09. The highest BCUT2D eigenvalue weighted by molar-refractivity contribution is 8.00. The molecule has 1 unspecified atom stereocenters. The van der Waals surface area contributed by atoms with Crippen LogP contribution in [0.5, 0.6) is 0 Å². The van der Waals surface area contributed by atoms with Crippen molar-refractivity contribution in [2.75, 3.05) is 11.5 Å². The molecule has 1 aliphatic heterocycles. The Hall–Kier alpha value is -1.40. The van der Waals surface area contributed by atoms with Crippen molar-refractivity contribution in [2.24, 2.45) is 0 Å². The number of thioether (sulfide) groups is 1. The molecule has 2 heterocycles. The first-order chi connectivity index (χ1) is 9.65. The smallest absolute Gasteiger partial charge is 0.238 e. The molecule has 0 saturated carbocycles. The number of benzene rings is 1. The number of hydrogen-bond donors (Lipinski definition) is 0. The summed E-state index contributed by atoms with van der Waals surface area (Å²) in [5.41, 5.74) is 0.327. The Morgan fingerprint density at radius 2 is 2.35 bits per heavy atom. The van der Waals surface area contributed by atoms with E-state index in [9.17, 15) is 9.18 Å².